The molecule has 86 valence electrons. The average Bonchev–Trinajstić information content (AvgIpc) is 3.00. The molecule has 0 spiro atoms. The van der Waals surface area contributed by atoms with Gasteiger partial charge < -0.3 is 14.6 Å². The Hall–Kier alpha value is -1.36. The van der Waals surface area contributed by atoms with Gasteiger partial charge >= 0.3 is 0 Å². The SMILES string of the molecule is O=c1c(NC2CCOC2)nccn1C1CC1. The van der Waals surface area contributed by atoms with Crippen molar-refractivity contribution < 1.29 is 4.74 Å². The largest absolute Gasteiger partial charge is 0.379 e. The molecule has 1 N–H and O–H groups in total. The normalized spacial score (nSPS) is 24.6. The average molecular weight is 221 g/mol. The molecule has 5 nitrogen and oxygen atoms in total. The van der Waals surface area contributed by atoms with Gasteiger partial charge in [0.05, 0.1) is 12.6 Å². The summed E-state index contributed by atoms with van der Waals surface area (Å²) in [5.41, 5.74) is -0.00287. The lowest BCUT2D eigenvalue weighted by atomic mass is 10.2. The minimum atomic E-state index is -0.00287. The van der Waals surface area contributed by atoms with Gasteiger partial charge in [-0.2, -0.15) is 0 Å². The molecule has 1 aliphatic carbocycles. The first-order chi connectivity index (χ1) is 7.84. The van der Waals surface area contributed by atoms with Crippen LogP contribution in [0, 0.1) is 0 Å². The van der Waals surface area contributed by atoms with Crippen LogP contribution in [0.15, 0.2) is 17.2 Å². The van der Waals surface area contributed by atoms with E-state index in [1.165, 1.54) is 0 Å². The smallest absolute Gasteiger partial charge is 0.293 e. The van der Waals surface area contributed by atoms with Crippen molar-refractivity contribution in [2.24, 2.45) is 0 Å². The van der Waals surface area contributed by atoms with Crippen molar-refractivity contribution in [3.8, 4) is 0 Å². The first-order valence-corrected chi connectivity index (χ1v) is 5.76. The molecule has 1 aromatic heterocycles. The molecule has 1 aliphatic heterocycles. The fourth-order valence-corrected chi connectivity index (χ4v) is 2.01. The lowest BCUT2D eigenvalue weighted by Crippen LogP contribution is -2.29. The third-order valence-electron chi connectivity index (χ3n) is 3.08. The predicted octanol–water partition coefficient (Wildman–Crippen LogP) is 0.779. The highest BCUT2D eigenvalue weighted by Crippen LogP contribution is 2.33. The molecule has 0 amide bonds. The lowest BCUT2D eigenvalue weighted by Gasteiger charge is -2.11. The van der Waals surface area contributed by atoms with Crippen LogP contribution in [0.5, 0.6) is 0 Å². The maximum absolute atomic E-state index is 12.0. The summed E-state index contributed by atoms with van der Waals surface area (Å²) < 4.78 is 7.04. The number of anilines is 1. The van der Waals surface area contributed by atoms with Crippen LogP contribution in [0.3, 0.4) is 0 Å². The van der Waals surface area contributed by atoms with Gasteiger partial charge in [-0.15, -0.1) is 0 Å². The summed E-state index contributed by atoms with van der Waals surface area (Å²) in [6, 6.07) is 0.631. The molecule has 1 atom stereocenters. The van der Waals surface area contributed by atoms with Gasteiger partial charge in [0.15, 0.2) is 5.82 Å². The van der Waals surface area contributed by atoms with Crippen LogP contribution < -0.4 is 10.9 Å². The topological polar surface area (TPSA) is 56.1 Å². The predicted molar refractivity (Wildman–Crippen MR) is 59.6 cm³/mol. The Balaban J connectivity index is 1.82. The quantitative estimate of drug-likeness (QED) is 0.819. The minimum absolute atomic E-state index is 0.00287. The maximum Gasteiger partial charge on any atom is 0.293 e. The third-order valence-corrected chi connectivity index (χ3v) is 3.08. The number of rotatable bonds is 3. The summed E-state index contributed by atoms with van der Waals surface area (Å²) in [4.78, 5) is 16.1. The van der Waals surface area contributed by atoms with Gasteiger partial charge in [0, 0.05) is 25.0 Å². The molecule has 16 heavy (non-hydrogen) atoms. The van der Waals surface area contributed by atoms with E-state index in [0.29, 0.717) is 18.5 Å². The summed E-state index contributed by atoms with van der Waals surface area (Å²) in [5, 5.41) is 3.16. The summed E-state index contributed by atoms with van der Waals surface area (Å²) in [6.45, 7) is 1.43. The number of ether oxygens (including phenoxy) is 1. The van der Waals surface area contributed by atoms with E-state index < -0.39 is 0 Å². The number of hydrogen-bond donors (Lipinski definition) is 1. The molecule has 1 saturated heterocycles. The van der Waals surface area contributed by atoms with E-state index >= 15 is 0 Å². The molecule has 2 heterocycles. The van der Waals surface area contributed by atoms with Crippen LogP contribution in [0.1, 0.15) is 25.3 Å². The second-order valence-electron chi connectivity index (χ2n) is 4.42. The number of nitrogens with zero attached hydrogens (tertiary/aromatic N) is 2. The zero-order chi connectivity index (χ0) is 11.0. The second kappa shape index (κ2) is 3.90. The van der Waals surface area contributed by atoms with E-state index in [9.17, 15) is 4.79 Å². The molecular formula is C11H15N3O2. The molecule has 1 saturated carbocycles. The summed E-state index contributed by atoms with van der Waals surface area (Å²) >= 11 is 0. The van der Waals surface area contributed by atoms with E-state index in [0.717, 1.165) is 25.9 Å². The van der Waals surface area contributed by atoms with Crippen LogP contribution in [-0.2, 0) is 4.74 Å². The molecule has 1 aromatic rings. The van der Waals surface area contributed by atoms with Gasteiger partial charge in [-0.05, 0) is 19.3 Å². The van der Waals surface area contributed by atoms with Crippen molar-refractivity contribution in [3.63, 3.8) is 0 Å². The zero-order valence-electron chi connectivity index (χ0n) is 9.06. The van der Waals surface area contributed by atoms with Gasteiger partial charge in [0.1, 0.15) is 0 Å². The van der Waals surface area contributed by atoms with E-state index in [2.05, 4.69) is 10.3 Å². The Morgan fingerprint density at radius 2 is 2.31 bits per heavy atom. The summed E-state index contributed by atoms with van der Waals surface area (Å²) in [7, 11) is 0. The molecular weight excluding hydrogens is 206 g/mol. The van der Waals surface area contributed by atoms with Crippen LogP contribution in [0.25, 0.3) is 0 Å². The van der Waals surface area contributed by atoms with Gasteiger partial charge in [-0.25, -0.2) is 4.98 Å². The van der Waals surface area contributed by atoms with Crippen LogP contribution in [0.2, 0.25) is 0 Å². The standard InChI is InChI=1S/C11H15N3O2/c15-11-10(13-8-3-6-16-7-8)12-4-5-14(11)9-1-2-9/h4-5,8-9H,1-3,6-7H2,(H,12,13). The summed E-state index contributed by atoms with van der Waals surface area (Å²) in [6.07, 6.45) is 6.62. The van der Waals surface area contributed by atoms with Crippen LogP contribution in [0.4, 0.5) is 5.82 Å². The van der Waals surface area contributed by atoms with Crippen molar-refractivity contribution >= 4 is 5.82 Å². The molecule has 5 heteroatoms. The highest BCUT2D eigenvalue weighted by molar-refractivity contribution is 5.33. The maximum atomic E-state index is 12.0. The van der Waals surface area contributed by atoms with E-state index in [1.807, 2.05) is 0 Å². The fourth-order valence-electron chi connectivity index (χ4n) is 2.01. The minimum Gasteiger partial charge on any atom is -0.379 e. The van der Waals surface area contributed by atoms with Gasteiger partial charge in [0.25, 0.3) is 5.56 Å². The highest BCUT2D eigenvalue weighted by Gasteiger charge is 2.26. The van der Waals surface area contributed by atoms with Crippen molar-refractivity contribution in [1.82, 2.24) is 9.55 Å². The Labute approximate surface area is 93.4 Å². The van der Waals surface area contributed by atoms with Crippen molar-refractivity contribution in [2.75, 3.05) is 18.5 Å². The Morgan fingerprint density at radius 1 is 1.44 bits per heavy atom. The fraction of sp³-hybridized carbons (Fsp3) is 0.636. The number of aromatic nitrogens is 2. The Kier molecular flexibility index (Phi) is 2.40. The number of hydrogen-bond acceptors (Lipinski definition) is 4. The summed E-state index contributed by atoms with van der Waals surface area (Å²) in [5.74, 6) is 0.463. The van der Waals surface area contributed by atoms with Gasteiger partial charge in [-0.1, -0.05) is 0 Å². The second-order valence-corrected chi connectivity index (χ2v) is 4.42. The van der Waals surface area contributed by atoms with E-state index in [4.69, 9.17) is 4.74 Å². The molecule has 0 aromatic carbocycles. The first kappa shape index (κ1) is 9.84. The van der Waals surface area contributed by atoms with Crippen LogP contribution in [-0.4, -0.2) is 28.8 Å². The molecule has 0 radical (unpaired) electrons. The van der Waals surface area contributed by atoms with Crippen molar-refractivity contribution in [2.45, 2.75) is 31.3 Å². The monoisotopic (exact) mass is 221 g/mol. The molecule has 3 rings (SSSR count). The molecule has 0 bridgehead atoms. The first-order valence-electron chi connectivity index (χ1n) is 5.76. The van der Waals surface area contributed by atoms with E-state index in [1.54, 1.807) is 17.0 Å². The van der Waals surface area contributed by atoms with E-state index in [-0.39, 0.29) is 11.6 Å². The molecule has 2 aliphatic rings. The Bertz CT molecular complexity index is 433. The third kappa shape index (κ3) is 1.82. The van der Waals surface area contributed by atoms with Gasteiger partial charge in [-0.3, -0.25) is 4.79 Å². The molecule has 2 fully saturated rings. The van der Waals surface area contributed by atoms with Gasteiger partial charge in [0.2, 0.25) is 0 Å². The highest BCUT2D eigenvalue weighted by atomic mass is 16.5. The lowest BCUT2D eigenvalue weighted by molar-refractivity contribution is 0.195. The zero-order valence-corrected chi connectivity index (χ0v) is 9.06. The Morgan fingerprint density at radius 3 is 3.00 bits per heavy atom. The van der Waals surface area contributed by atoms with Crippen molar-refractivity contribution in [1.29, 1.82) is 0 Å². The van der Waals surface area contributed by atoms with Crippen LogP contribution >= 0.6 is 0 Å². The number of nitrogens with one attached hydrogen (secondary N) is 1. The molecule has 1 unspecified atom stereocenters. The van der Waals surface area contributed by atoms with Crippen molar-refractivity contribution in [3.05, 3.63) is 22.7 Å².